The van der Waals surface area contributed by atoms with Gasteiger partial charge in [0.25, 0.3) is 10.0 Å². The topological polar surface area (TPSA) is 59.1 Å². The number of hydrogen-bond acceptors (Lipinski definition) is 4. The minimum absolute atomic E-state index is 0.0540. The van der Waals surface area contributed by atoms with E-state index in [0.29, 0.717) is 10.7 Å². The van der Waals surface area contributed by atoms with E-state index in [0.717, 1.165) is 16.2 Å². The van der Waals surface area contributed by atoms with Crippen LogP contribution >= 0.6 is 35.0 Å². The highest BCUT2D eigenvalue weighted by molar-refractivity contribution is 7.98. The van der Waals surface area contributed by atoms with Gasteiger partial charge in [-0.15, -0.1) is 11.8 Å². The highest BCUT2D eigenvalue weighted by atomic mass is 35.5. The fourth-order valence-corrected chi connectivity index (χ4v) is 4.82. The molecule has 0 spiro atoms. The second-order valence-electron chi connectivity index (χ2n) is 5.35. The van der Waals surface area contributed by atoms with Crippen LogP contribution in [0.5, 0.6) is 0 Å². The van der Waals surface area contributed by atoms with Crippen molar-refractivity contribution in [2.75, 3.05) is 4.72 Å². The molecule has 4 nitrogen and oxygen atoms in total. The predicted molar refractivity (Wildman–Crippen MR) is 108 cm³/mol. The molecule has 134 valence electrons. The Morgan fingerprint density at radius 3 is 2.50 bits per heavy atom. The van der Waals surface area contributed by atoms with Crippen LogP contribution in [0.25, 0.3) is 0 Å². The van der Waals surface area contributed by atoms with Gasteiger partial charge in [0.2, 0.25) is 0 Å². The molecule has 0 fully saturated rings. The molecule has 0 saturated heterocycles. The largest absolute Gasteiger partial charge is 0.280 e. The second-order valence-corrected chi connectivity index (χ2v) is 8.90. The molecule has 0 aliphatic rings. The van der Waals surface area contributed by atoms with Crippen molar-refractivity contribution in [1.29, 1.82) is 0 Å². The number of sulfonamides is 1. The molecule has 8 heteroatoms. The molecule has 2 aromatic carbocycles. The van der Waals surface area contributed by atoms with Crippen LogP contribution in [0.2, 0.25) is 10.0 Å². The highest BCUT2D eigenvalue weighted by Gasteiger charge is 2.18. The maximum atomic E-state index is 12.5. The molecule has 0 atom stereocenters. The van der Waals surface area contributed by atoms with Gasteiger partial charge >= 0.3 is 0 Å². The smallest absolute Gasteiger partial charge is 0.263 e. The zero-order valence-corrected chi connectivity index (χ0v) is 16.5. The van der Waals surface area contributed by atoms with Gasteiger partial charge in [-0.1, -0.05) is 29.3 Å². The molecular formula is C18H14Cl2N2O2S2. The summed E-state index contributed by atoms with van der Waals surface area (Å²) in [7, 11) is -3.82. The number of anilines is 1. The minimum atomic E-state index is -3.82. The SMILES string of the molecule is O=S(=O)(Nc1ccc(SCc2cccnc2)cc1)c1cc(Cl)ccc1Cl. The first-order valence-electron chi connectivity index (χ1n) is 7.54. The van der Waals surface area contributed by atoms with E-state index in [1.54, 1.807) is 30.1 Å². The Bertz CT molecular complexity index is 995. The number of thioether (sulfide) groups is 1. The van der Waals surface area contributed by atoms with E-state index in [4.69, 9.17) is 23.2 Å². The van der Waals surface area contributed by atoms with Crippen LogP contribution in [0.15, 0.2) is 76.8 Å². The number of rotatable bonds is 6. The first kappa shape index (κ1) is 19.0. The molecule has 3 aromatic rings. The fraction of sp³-hybridized carbons (Fsp3) is 0.0556. The van der Waals surface area contributed by atoms with Crippen molar-refractivity contribution in [2.24, 2.45) is 0 Å². The van der Waals surface area contributed by atoms with Gasteiger partial charge in [-0.25, -0.2) is 8.42 Å². The van der Waals surface area contributed by atoms with E-state index in [1.165, 1.54) is 18.2 Å². The number of pyridine rings is 1. The van der Waals surface area contributed by atoms with Crippen molar-refractivity contribution < 1.29 is 8.42 Å². The summed E-state index contributed by atoms with van der Waals surface area (Å²) < 4.78 is 27.5. The van der Waals surface area contributed by atoms with Crippen molar-refractivity contribution in [3.05, 3.63) is 82.6 Å². The zero-order valence-electron chi connectivity index (χ0n) is 13.4. The molecule has 0 bridgehead atoms. The lowest BCUT2D eigenvalue weighted by molar-refractivity contribution is 0.601. The molecule has 1 aromatic heterocycles. The normalized spacial score (nSPS) is 11.3. The molecule has 0 saturated carbocycles. The average molecular weight is 425 g/mol. The predicted octanol–water partition coefficient (Wildman–Crippen LogP) is 5.48. The van der Waals surface area contributed by atoms with Crippen molar-refractivity contribution in [3.63, 3.8) is 0 Å². The minimum Gasteiger partial charge on any atom is -0.280 e. The van der Waals surface area contributed by atoms with E-state index in [2.05, 4.69) is 9.71 Å². The number of hydrogen-bond donors (Lipinski definition) is 1. The molecule has 0 aliphatic carbocycles. The Kier molecular flexibility index (Phi) is 6.09. The number of aromatic nitrogens is 1. The van der Waals surface area contributed by atoms with Gasteiger partial charge in [0.15, 0.2) is 0 Å². The van der Waals surface area contributed by atoms with Gasteiger partial charge in [-0.3, -0.25) is 9.71 Å². The van der Waals surface area contributed by atoms with E-state index in [1.807, 2.05) is 30.5 Å². The van der Waals surface area contributed by atoms with Crippen molar-refractivity contribution in [2.45, 2.75) is 15.5 Å². The van der Waals surface area contributed by atoms with Crippen molar-refractivity contribution >= 4 is 50.7 Å². The lowest BCUT2D eigenvalue weighted by atomic mass is 10.3. The molecule has 1 N–H and O–H groups in total. The van der Waals surface area contributed by atoms with Crippen LogP contribution in [-0.4, -0.2) is 13.4 Å². The Balaban J connectivity index is 1.69. The maximum absolute atomic E-state index is 12.5. The van der Waals surface area contributed by atoms with Gasteiger partial charge in [-0.05, 0) is 54.1 Å². The molecule has 1 heterocycles. The van der Waals surface area contributed by atoms with E-state index in [-0.39, 0.29) is 9.92 Å². The van der Waals surface area contributed by atoms with E-state index in [9.17, 15) is 8.42 Å². The number of nitrogens with one attached hydrogen (secondary N) is 1. The quantitative estimate of drug-likeness (QED) is 0.532. The number of halogens is 2. The Morgan fingerprint density at radius 1 is 1.04 bits per heavy atom. The molecule has 0 radical (unpaired) electrons. The average Bonchev–Trinajstić information content (AvgIpc) is 2.64. The van der Waals surface area contributed by atoms with E-state index >= 15 is 0 Å². The molecule has 0 unspecified atom stereocenters. The summed E-state index contributed by atoms with van der Waals surface area (Å²) in [6, 6.07) is 15.4. The monoisotopic (exact) mass is 424 g/mol. The standard InChI is InChI=1S/C18H14Cl2N2O2S2/c19-14-3-8-17(20)18(10-14)26(23,24)22-15-4-6-16(7-5-15)25-12-13-2-1-9-21-11-13/h1-11,22H,12H2. The van der Waals surface area contributed by atoms with Gasteiger partial charge < -0.3 is 0 Å². The number of nitrogens with zero attached hydrogens (tertiary/aromatic N) is 1. The van der Waals surface area contributed by atoms with E-state index < -0.39 is 10.0 Å². The first-order valence-corrected chi connectivity index (χ1v) is 10.8. The van der Waals surface area contributed by atoms with Gasteiger partial charge in [0, 0.05) is 33.8 Å². The van der Waals surface area contributed by atoms with Gasteiger partial charge in [0.05, 0.1) is 5.02 Å². The molecule has 26 heavy (non-hydrogen) atoms. The van der Waals surface area contributed by atoms with Crippen LogP contribution in [0.4, 0.5) is 5.69 Å². The van der Waals surface area contributed by atoms with Crippen LogP contribution in [0, 0.1) is 0 Å². The third kappa shape index (κ3) is 4.92. The van der Waals surface area contributed by atoms with Crippen LogP contribution in [-0.2, 0) is 15.8 Å². The molecular weight excluding hydrogens is 411 g/mol. The fourth-order valence-electron chi connectivity index (χ4n) is 2.16. The number of benzene rings is 2. The summed E-state index contributed by atoms with van der Waals surface area (Å²) in [5, 5.41) is 0.419. The van der Waals surface area contributed by atoms with Crippen LogP contribution in [0.1, 0.15) is 5.56 Å². The summed E-state index contributed by atoms with van der Waals surface area (Å²) in [6.45, 7) is 0. The summed E-state index contributed by atoms with van der Waals surface area (Å²) in [4.78, 5) is 5.05. The van der Waals surface area contributed by atoms with Crippen LogP contribution in [0.3, 0.4) is 0 Å². The van der Waals surface area contributed by atoms with Crippen molar-refractivity contribution in [1.82, 2.24) is 4.98 Å². The Hall–Kier alpha value is -1.73. The summed E-state index contributed by atoms with van der Waals surface area (Å²) in [5.74, 6) is 0.789. The van der Waals surface area contributed by atoms with Crippen LogP contribution < -0.4 is 4.72 Å². The third-order valence-electron chi connectivity index (χ3n) is 3.42. The van der Waals surface area contributed by atoms with Crippen molar-refractivity contribution in [3.8, 4) is 0 Å². The third-order valence-corrected chi connectivity index (χ3v) is 6.60. The zero-order chi connectivity index (χ0) is 18.6. The molecule has 0 aliphatic heterocycles. The maximum Gasteiger partial charge on any atom is 0.263 e. The molecule has 3 rings (SSSR count). The van der Waals surface area contributed by atoms with Gasteiger partial charge in [0.1, 0.15) is 4.90 Å². The lowest BCUT2D eigenvalue weighted by Crippen LogP contribution is -2.13. The first-order chi connectivity index (χ1) is 12.4. The lowest BCUT2D eigenvalue weighted by Gasteiger charge is -2.10. The Morgan fingerprint density at radius 2 is 1.81 bits per heavy atom. The van der Waals surface area contributed by atoms with Gasteiger partial charge in [-0.2, -0.15) is 0 Å². The second kappa shape index (κ2) is 8.31. The summed E-state index contributed by atoms with van der Waals surface area (Å²) in [5.41, 5.74) is 1.57. The highest BCUT2D eigenvalue weighted by Crippen LogP contribution is 2.28. The Labute approximate surface area is 166 Å². The summed E-state index contributed by atoms with van der Waals surface area (Å²) in [6.07, 6.45) is 3.56. The molecule has 0 amide bonds. The summed E-state index contributed by atoms with van der Waals surface area (Å²) >= 11 is 13.5.